The van der Waals surface area contributed by atoms with E-state index in [-0.39, 0.29) is 11.3 Å². The van der Waals surface area contributed by atoms with Crippen molar-refractivity contribution in [1.82, 2.24) is 0 Å². The van der Waals surface area contributed by atoms with Crippen LogP contribution in [-0.4, -0.2) is 16.8 Å². The molecule has 1 atom stereocenters. The molecule has 1 aliphatic rings. The minimum atomic E-state index is -0.701. The molecule has 1 heterocycles. The highest BCUT2D eigenvalue weighted by Gasteiger charge is 2.47. The van der Waals surface area contributed by atoms with E-state index in [0.29, 0.717) is 11.3 Å². The maximum atomic E-state index is 13.2. The van der Waals surface area contributed by atoms with Crippen LogP contribution >= 0.6 is 0 Å². The summed E-state index contributed by atoms with van der Waals surface area (Å²) in [7, 11) is 0. The largest absolute Gasteiger partial charge is 0.507 e. The monoisotopic (exact) mass is 411 g/mol. The predicted octanol–water partition coefficient (Wildman–Crippen LogP) is 5.49. The van der Waals surface area contributed by atoms with Crippen molar-refractivity contribution in [3.05, 3.63) is 106 Å². The first-order valence-electron chi connectivity index (χ1n) is 10.4. The molecule has 31 heavy (non-hydrogen) atoms. The Hall–Kier alpha value is -3.66. The van der Waals surface area contributed by atoms with Crippen LogP contribution in [0.4, 0.5) is 5.69 Å². The van der Waals surface area contributed by atoms with Crippen LogP contribution in [0.2, 0.25) is 0 Å². The fraction of sp³-hybridized carbons (Fsp3) is 0.185. The van der Waals surface area contributed by atoms with Crippen molar-refractivity contribution >= 4 is 23.1 Å². The predicted molar refractivity (Wildman–Crippen MR) is 123 cm³/mol. The van der Waals surface area contributed by atoms with Gasteiger partial charge in [0.2, 0.25) is 0 Å². The number of aliphatic hydroxyl groups excluding tert-OH is 1. The maximum absolute atomic E-state index is 13.2. The summed E-state index contributed by atoms with van der Waals surface area (Å²) in [6.45, 7) is 5.92. The quantitative estimate of drug-likeness (QED) is 0.351. The van der Waals surface area contributed by atoms with Gasteiger partial charge in [-0.3, -0.25) is 14.5 Å². The molecule has 0 spiro atoms. The van der Waals surface area contributed by atoms with E-state index in [2.05, 4.69) is 6.92 Å². The zero-order valence-corrected chi connectivity index (χ0v) is 17.9. The number of anilines is 1. The van der Waals surface area contributed by atoms with Crippen molar-refractivity contribution < 1.29 is 14.7 Å². The Morgan fingerprint density at radius 2 is 1.61 bits per heavy atom. The van der Waals surface area contributed by atoms with Gasteiger partial charge in [0.25, 0.3) is 11.7 Å². The molecule has 1 saturated heterocycles. The van der Waals surface area contributed by atoms with Crippen molar-refractivity contribution in [2.45, 2.75) is 33.2 Å². The average molecular weight is 412 g/mol. The van der Waals surface area contributed by atoms with Crippen LogP contribution in [0.25, 0.3) is 5.76 Å². The smallest absolute Gasteiger partial charge is 0.300 e. The first kappa shape index (κ1) is 20.6. The summed E-state index contributed by atoms with van der Waals surface area (Å²) < 4.78 is 0. The molecule has 1 unspecified atom stereocenters. The molecule has 0 aliphatic carbocycles. The van der Waals surface area contributed by atoms with Crippen LogP contribution in [0.1, 0.15) is 40.8 Å². The molecule has 4 rings (SSSR count). The molecule has 0 radical (unpaired) electrons. The van der Waals surface area contributed by atoms with E-state index >= 15 is 0 Å². The van der Waals surface area contributed by atoms with Crippen molar-refractivity contribution in [2.24, 2.45) is 0 Å². The fourth-order valence-corrected chi connectivity index (χ4v) is 4.06. The lowest BCUT2D eigenvalue weighted by Gasteiger charge is -2.27. The van der Waals surface area contributed by atoms with Gasteiger partial charge in [-0.05, 0) is 48.6 Å². The number of carbonyl (C=O) groups is 2. The third kappa shape index (κ3) is 3.66. The van der Waals surface area contributed by atoms with Crippen LogP contribution < -0.4 is 4.90 Å². The third-order valence-corrected chi connectivity index (χ3v) is 5.82. The Balaban J connectivity index is 1.94. The van der Waals surface area contributed by atoms with E-state index in [1.807, 2.05) is 74.5 Å². The number of rotatable bonds is 4. The molecule has 4 heteroatoms. The number of amides is 1. The highest BCUT2D eigenvalue weighted by atomic mass is 16.3. The number of nitrogens with zero attached hydrogens (tertiary/aromatic N) is 1. The zero-order valence-electron chi connectivity index (χ0n) is 17.9. The Morgan fingerprint density at radius 3 is 2.26 bits per heavy atom. The second kappa shape index (κ2) is 8.23. The van der Waals surface area contributed by atoms with Crippen LogP contribution in [0, 0.1) is 13.8 Å². The van der Waals surface area contributed by atoms with Gasteiger partial charge in [0, 0.05) is 11.3 Å². The topological polar surface area (TPSA) is 57.6 Å². The van der Waals surface area contributed by atoms with Gasteiger partial charge in [0.05, 0.1) is 11.6 Å². The number of Topliss-reactive ketones (excluding diaryl/α,β-unsaturated/α-hetero) is 1. The molecular weight excluding hydrogens is 386 g/mol. The molecule has 1 N–H and O–H groups in total. The van der Waals surface area contributed by atoms with Gasteiger partial charge in [0.15, 0.2) is 0 Å². The highest BCUT2D eigenvalue weighted by molar-refractivity contribution is 6.51. The lowest BCUT2D eigenvalue weighted by Crippen LogP contribution is -2.30. The minimum Gasteiger partial charge on any atom is -0.507 e. The number of aliphatic hydroxyl groups is 1. The Labute approximate surface area is 182 Å². The fourth-order valence-electron chi connectivity index (χ4n) is 4.06. The lowest BCUT2D eigenvalue weighted by atomic mass is 9.94. The summed E-state index contributed by atoms with van der Waals surface area (Å²) in [4.78, 5) is 27.9. The van der Waals surface area contributed by atoms with Gasteiger partial charge in [-0.25, -0.2) is 0 Å². The van der Waals surface area contributed by atoms with Crippen molar-refractivity contribution in [3.8, 4) is 0 Å². The minimum absolute atomic E-state index is 0.112. The average Bonchev–Trinajstić information content (AvgIpc) is 3.06. The molecule has 1 aliphatic heterocycles. The molecule has 0 saturated carbocycles. The van der Waals surface area contributed by atoms with Gasteiger partial charge in [0.1, 0.15) is 5.76 Å². The Bertz CT molecular complexity index is 1180. The number of ketones is 1. The highest BCUT2D eigenvalue weighted by Crippen LogP contribution is 2.43. The van der Waals surface area contributed by atoms with Crippen LogP contribution in [0.15, 0.2) is 78.4 Å². The van der Waals surface area contributed by atoms with Gasteiger partial charge in [-0.2, -0.15) is 0 Å². The molecule has 4 nitrogen and oxygen atoms in total. The zero-order chi connectivity index (χ0) is 22.1. The molecular formula is C27H25NO3. The summed E-state index contributed by atoms with van der Waals surface area (Å²) in [5.41, 5.74) is 5.10. The first-order valence-corrected chi connectivity index (χ1v) is 10.4. The first-order chi connectivity index (χ1) is 14.9. The molecule has 1 amide bonds. The van der Waals surface area contributed by atoms with E-state index < -0.39 is 17.7 Å². The van der Waals surface area contributed by atoms with Gasteiger partial charge >= 0.3 is 0 Å². The SMILES string of the molecule is CCc1ccc(/C(O)=C2\C(=O)C(=O)N(c3cc(C)ccc3C)C2c2ccccc2)cc1. The number of hydrogen-bond acceptors (Lipinski definition) is 3. The summed E-state index contributed by atoms with van der Waals surface area (Å²) in [6.07, 6.45) is 0.877. The van der Waals surface area contributed by atoms with Crippen molar-refractivity contribution in [2.75, 3.05) is 4.90 Å². The standard InChI is InChI=1S/C27H25NO3/c1-4-19-12-14-21(15-13-19)25(29)23-24(20-8-6-5-7-9-20)28(27(31)26(23)30)22-16-17(2)10-11-18(22)3/h5-16,24,29H,4H2,1-3H3/b25-23+. The van der Waals surface area contributed by atoms with Crippen molar-refractivity contribution in [3.63, 3.8) is 0 Å². The maximum Gasteiger partial charge on any atom is 0.300 e. The third-order valence-electron chi connectivity index (χ3n) is 5.82. The van der Waals surface area contributed by atoms with E-state index in [1.165, 1.54) is 4.90 Å². The molecule has 0 aromatic heterocycles. The van der Waals surface area contributed by atoms with E-state index in [4.69, 9.17) is 0 Å². The van der Waals surface area contributed by atoms with E-state index in [1.54, 1.807) is 12.1 Å². The van der Waals surface area contributed by atoms with Gasteiger partial charge in [-0.1, -0.05) is 73.7 Å². The second-order valence-corrected chi connectivity index (χ2v) is 7.92. The summed E-state index contributed by atoms with van der Waals surface area (Å²) in [5.74, 6) is -1.45. The lowest BCUT2D eigenvalue weighted by molar-refractivity contribution is -0.132. The summed E-state index contributed by atoms with van der Waals surface area (Å²) in [5, 5.41) is 11.2. The van der Waals surface area contributed by atoms with Gasteiger partial charge < -0.3 is 5.11 Å². The van der Waals surface area contributed by atoms with E-state index in [9.17, 15) is 14.7 Å². The second-order valence-electron chi connectivity index (χ2n) is 7.92. The van der Waals surface area contributed by atoms with Gasteiger partial charge in [-0.15, -0.1) is 0 Å². The molecule has 3 aromatic rings. The number of hydrogen-bond donors (Lipinski definition) is 1. The normalized spacial score (nSPS) is 17.9. The Kier molecular flexibility index (Phi) is 5.47. The molecule has 0 bridgehead atoms. The van der Waals surface area contributed by atoms with Crippen LogP contribution in [0.3, 0.4) is 0 Å². The number of benzene rings is 3. The van der Waals surface area contributed by atoms with Crippen LogP contribution in [-0.2, 0) is 16.0 Å². The summed E-state index contributed by atoms with van der Waals surface area (Å²) in [6, 6.07) is 21.9. The number of carbonyl (C=O) groups excluding carboxylic acids is 2. The molecule has 3 aromatic carbocycles. The van der Waals surface area contributed by atoms with E-state index in [0.717, 1.165) is 28.7 Å². The molecule has 1 fully saturated rings. The molecule has 156 valence electrons. The summed E-state index contributed by atoms with van der Waals surface area (Å²) >= 11 is 0. The van der Waals surface area contributed by atoms with Crippen molar-refractivity contribution in [1.29, 1.82) is 0 Å². The number of aryl methyl sites for hydroxylation is 3. The van der Waals surface area contributed by atoms with Crippen LogP contribution in [0.5, 0.6) is 0 Å². The Morgan fingerprint density at radius 1 is 0.935 bits per heavy atom.